The van der Waals surface area contributed by atoms with E-state index in [1.165, 1.54) is 38.5 Å². The summed E-state index contributed by atoms with van der Waals surface area (Å²) in [5, 5.41) is 28.0. The normalized spacial score (nSPS) is 28.8. The van der Waals surface area contributed by atoms with Crippen LogP contribution in [0.3, 0.4) is 0 Å². The van der Waals surface area contributed by atoms with Crippen LogP contribution in [0, 0.1) is 11.8 Å². The van der Waals surface area contributed by atoms with Crippen molar-refractivity contribution in [1.29, 1.82) is 0 Å². The molecule has 0 amide bonds. The second-order valence-electron chi connectivity index (χ2n) is 8.00. The van der Waals surface area contributed by atoms with E-state index in [4.69, 9.17) is 9.84 Å². The molecule has 1 aliphatic heterocycles. The van der Waals surface area contributed by atoms with Gasteiger partial charge in [-0.05, 0) is 56.8 Å². The Labute approximate surface area is 157 Å². The Kier molecular flexibility index (Phi) is 8.74. The fourth-order valence-corrected chi connectivity index (χ4v) is 4.39. The van der Waals surface area contributed by atoms with Crippen LogP contribution in [0.4, 0.5) is 0 Å². The Morgan fingerprint density at radius 3 is 2.73 bits per heavy atom. The zero-order valence-electron chi connectivity index (χ0n) is 16.1. The molecule has 0 aromatic carbocycles. The van der Waals surface area contributed by atoms with E-state index in [9.17, 15) is 15.0 Å². The van der Waals surface area contributed by atoms with Gasteiger partial charge in [-0.15, -0.1) is 0 Å². The smallest absolute Gasteiger partial charge is 0.226 e. The summed E-state index contributed by atoms with van der Waals surface area (Å²) in [4.78, 5) is 11.3. The number of hydrogen-bond acceptors (Lipinski definition) is 5. The van der Waals surface area contributed by atoms with Crippen LogP contribution in [-0.2, 0) is 9.53 Å². The van der Waals surface area contributed by atoms with E-state index in [1.807, 2.05) is 0 Å². The molecule has 4 atom stereocenters. The SMILES string of the molecule is CCCCCCC=C[C@H]1CC[C@H]2O[C@@H](CCCC(O)(O)C(=O)CO)C[C@H]12. The van der Waals surface area contributed by atoms with Gasteiger partial charge in [-0.2, -0.15) is 0 Å². The van der Waals surface area contributed by atoms with E-state index in [2.05, 4.69) is 19.1 Å². The van der Waals surface area contributed by atoms with Gasteiger partial charge in [-0.1, -0.05) is 38.3 Å². The Balaban J connectivity index is 1.68. The highest BCUT2D eigenvalue weighted by molar-refractivity contribution is 5.86. The number of allylic oxidation sites excluding steroid dienone is 2. The number of hydrogen-bond donors (Lipinski definition) is 3. The minimum atomic E-state index is -2.41. The number of carbonyl (C=O) groups is 1. The van der Waals surface area contributed by atoms with E-state index in [0.717, 1.165) is 19.3 Å². The second-order valence-corrected chi connectivity index (χ2v) is 8.00. The number of fused-ring (bicyclic) bond motifs is 1. The fraction of sp³-hybridized carbons (Fsp3) is 0.857. The predicted molar refractivity (Wildman–Crippen MR) is 101 cm³/mol. The molecule has 0 spiro atoms. The lowest BCUT2D eigenvalue weighted by atomic mass is 9.89. The van der Waals surface area contributed by atoms with E-state index >= 15 is 0 Å². The summed E-state index contributed by atoms with van der Waals surface area (Å²) in [6.07, 6.45) is 16.1. The zero-order chi connectivity index (χ0) is 19.0. The van der Waals surface area contributed by atoms with Crippen molar-refractivity contribution in [3.63, 3.8) is 0 Å². The number of rotatable bonds is 12. The maximum absolute atomic E-state index is 11.3. The molecule has 0 radical (unpaired) electrons. The van der Waals surface area contributed by atoms with Gasteiger partial charge in [0.2, 0.25) is 11.6 Å². The van der Waals surface area contributed by atoms with E-state index < -0.39 is 18.2 Å². The van der Waals surface area contributed by atoms with Gasteiger partial charge in [0.05, 0.1) is 12.2 Å². The first-order chi connectivity index (χ1) is 12.5. The summed E-state index contributed by atoms with van der Waals surface area (Å²) in [6, 6.07) is 0. The summed E-state index contributed by atoms with van der Waals surface area (Å²) in [5.74, 6) is -2.15. The van der Waals surface area contributed by atoms with Crippen LogP contribution in [0.15, 0.2) is 12.2 Å². The van der Waals surface area contributed by atoms with Crippen molar-refractivity contribution in [2.75, 3.05) is 6.61 Å². The lowest BCUT2D eigenvalue weighted by Crippen LogP contribution is -2.40. The maximum Gasteiger partial charge on any atom is 0.226 e. The molecule has 1 saturated carbocycles. The van der Waals surface area contributed by atoms with Crippen LogP contribution in [-0.4, -0.2) is 45.7 Å². The summed E-state index contributed by atoms with van der Waals surface area (Å²) in [6.45, 7) is 1.39. The highest BCUT2D eigenvalue weighted by Gasteiger charge is 2.43. The van der Waals surface area contributed by atoms with E-state index in [0.29, 0.717) is 24.4 Å². The lowest BCUT2D eigenvalue weighted by molar-refractivity contribution is -0.188. The highest BCUT2D eigenvalue weighted by atomic mass is 16.5. The lowest BCUT2D eigenvalue weighted by Gasteiger charge is -2.20. The standard InChI is InChI=1S/C21H36O5/c1-2-3-4-5-6-7-9-16-11-12-19-18(16)14-17(26-19)10-8-13-21(24,25)20(23)15-22/h7,9,16-19,22,24-25H,2-6,8,10-15H2,1H3/t16-,17-,18+,19+/m0/s1. The van der Waals surface area contributed by atoms with Crippen molar-refractivity contribution in [3.8, 4) is 0 Å². The molecular formula is C21H36O5. The third-order valence-corrected chi connectivity index (χ3v) is 5.96. The Morgan fingerprint density at radius 1 is 1.19 bits per heavy atom. The largest absolute Gasteiger partial charge is 0.388 e. The number of ketones is 1. The first-order valence-electron chi connectivity index (χ1n) is 10.4. The van der Waals surface area contributed by atoms with Crippen molar-refractivity contribution in [3.05, 3.63) is 12.2 Å². The van der Waals surface area contributed by atoms with E-state index in [-0.39, 0.29) is 12.5 Å². The highest BCUT2D eigenvalue weighted by Crippen LogP contribution is 2.44. The molecule has 2 aliphatic rings. The summed E-state index contributed by atoms with van der Waals surface area (Å²) in [5.41, 5.74) is 0. The van der Waals surface area contributed by atoms with Crippen molar-refractivity contribution in [2.24, 2.45) is 11.8 Å². The van der Waals surface area contributed by atoms with Gasteiger partial charge < -0.3 is 20.1 Å². The van der Waals surface area contributed by atoms with Gasteiger partial charge in [0.15, 0.2) is 0 Å². The molecular weight excluding hydrogens is 332 g/mol. The Hall–Kier alpha value is -0.750. The summed E-state index contributed by atoms with van der Waals surface area (Å²) >= 11 is 0. The molecule has 3 N–H and O–H groups in total. The van der Waals surface area contributed by atoms with Gasteiger partial charge in [0, 0.05) is 6.42 Å². The van der Waals surface area contributed by atoms with Gasteiger partial charge in [0.1, 0.15) is 6.61 Å². The minimum absolute atomic E-state index is 0.0529. The average molecular weight is 369 g/mol. The first-order valence-corrected chi connectivity index (χ1v) is 10.4. The van der Waals surface area contributed by atoms with Gasteiger partial charge in [-0.25, -0.2) is 0 Å². The molecule has 1 aliphatic carbocycles. The number of Topliss-reactive ketones (excluding diaryl/α,β-unsaturated/α-hetero) is 1. The second kappa shape index (κ2) is 10.5. The topological polar surface area (TPSA) is 87.0 Å². The van der Waals surface area contributed by atoms with Gasteiger partial charge in [0.25, 0.3) is 0 Å². The molecule has 1 heterocycles. The van der Waals surface area contributed by atoms with Crippen LogP contribution >= 0.6 is 0 Å². The van der Waals surface area contributed by atoms with Crippen LogP contribution in [0.5, 0.6) is 0 Å². The number of carbonyl (C=O) groups excluding carboxylic acids is 1. The third kappa shape index (κ3) is 6.15. The third-order valence-electron chi connectivity index (χ3n) is 5.96. The molecule has 0 aromatic heterocycles. The Morgan fingerprint density at radius 2 is 2.00 bits per heavy atom. The predicted octanol–water partition coefficient (Wildman–Crippen LogP) is 3.11. The first kappa shape index (κ1) is 21.5. The summed E-state index contributed by atoms with van der Waals surface area (Å²) < 4.78 is 6.15. The monoisotopic (exact) mass is 368 g/mol. The van der Waals surface area contributed by atoms with Crippen LogP contribution in [0.25, 0.3) is 0 Å². The molecule has 26 heavy (non-hydrogen) atoms. The van der Waals surface area contributed by atoms with Crippen molar-refractivity contribution < 1.29 is 24.9 Å². The zero-order valence-corrected chi connectivity index (χ0v) is 16.1. The fourth-order valence-electron chi connectivity index (χ4n) is 4.39. The van der Waals surface area contributed by atoms with Crippen LogP contribution in [0.1, 0.15) is 77.6 Å². The molecule has 2 rings (SSSR count). The maximum atomic E-state index is 11.3. The minimum Gasteiger partial charge on any atom is -0.388 e. The van der Waals surface area contributed by atoms with Crippen molar-refractivity contribution >= 4 is 5.78 Å². The quantitative estimate of drug-likeness (QED) is 0.280. The number of unbranched alkanes of at least 4 members (excludes halogenated alkanes) is 4. The summed E-state index contributed by atoms with van der Waals surface area (Å²) in [7, 11) is 0. The van der Waals surface area contributed by atoms with Gasteiger partial charge >= 0.3 is 0 Å². The van der Waals surface area contributed by atoms with Crippen LogP contribution in [0.2, 0.25) is 0 Å². The van der Waals surface area contributed by atoms with Crippen molar-refractivity contribution in [2.45, 2.75) is 95.5 Å². The molecule has 5 heteroatoms. The van der Waals surface area contributed by atoms with Crippen molar-refractivity contribution in [1.82, 2.24) is 0 Å². The van der Waals surface area contributed by atoms with E-state index in [1.54, 1.807) is 0 Å². The number of aliphatic hydroxyl groups excluding tert-OH is 1. The molecule has 0 unspecified atom stereocenters. The average Bonchev–Trinajstić information content (AvgIpc) is 3.18. The van der Waals surface area contributed by atoms with Gasteiger partial charge in [-0.3, -0.25) is 4.79 Å². The molecule has 150 valence electrons. The van der Waals surface area contributed by atoms with Crippen LogP contribution < -0.4 is 0 Å². The Bertz CT molecular complexity index is 459. The molecule has 5 nitrogen and oxygen atoms in total. The molecule has 0 bridgehead atoms. The molecule has 1 saturated heterocycles. The molecule has 2 fully saturated rings. The number of ether oxygens (including phenoxy) is 1. The number of aliphatic hydroxyl groups is 3. The molecule has 0 aromatic rings.